The van der Waals surface area contributed by atoms with Gasteiger partial charge >= 0.3 is 6.09 Å². The largest absolute Gasteiger partial charge is 0.450 e. The van der Waals surface area contributed by atoms with E-state index in [4.69, 9.17) is 27.7 Å². The summed E-state index contributed by atoms with van der Waals surface area (Å²) in [7, 11) is 0. The second-order valence-corrected chi connectivity index (χ2v) is 6.34. The highest BCUT2D eigenvalue weighted by Crippen LogP contribution is 2.00. The molecule has 14 heteroatoms. The first-order valence-corrected chi connectivity index (χ1v) is 9.76. The van der Waals surface area contributed by atoms with Crippen LogP contribution < -0.4 is 38.9 Å². The van der Waals surface area contributed by atoms with Gasteiger partial charge in [0.2, 0.25) is 11.8 Å². The maximum Gasteiger partial charge on any atom is 0.407 e. The molecule has 3 amide bonds. The van der Waals surface area contributed by atoms with Crippen molar-refractivity contribution in [2.75, 3.05) is 26.2 Å². The average molecular weight is 444 g/mol. The van der Waals surface area contributed by atoms with E-state index >= 15 is 0 Å². The van der Waals surface area contributed by atoms with E-state index in [0.717, 1.165) is 0 Å². The lowest BCUT2D eigenvalue weighted by molar-refractivity contribution is -0.128. The number of hydrogen-bond acceptors (Lipinski definition) is 7. The minimum absolute atomic E-state index is 0.0568. The van der Waals surface area contributed by atoms with Crippen LogP contribution in [0, 0.1) is 0 Å². The van der Waals surface area contributed by atoms with Crippen LogP contribution in [-0.2, 0) is 19.1 Å². The number of hydrogen-bond donors (Lipinski definition) is 7. The molecule has 31 heavy (non-hydrogen) atoms. The lowest BCUT2D eigenvalue weighted by atomic mass is 10.1. The Hall–Kier alpha value is -3.58. The SMILES string of the molecule is CCOC(=O)N[C@H](CCCN=C(N)N)C(=O)NCC(=O)N[C@H](C=O)CCCN=C(N)N. The molecule has 0 radical (unpaired) electrons. The first kappa shape index (κ1) is 27.4. The van der Waals surface area contributed by atoms with E-state index in [9.17, 15) is 19.2 Å². The molecule has 0 saturated heterocycles. The second kappa shape index (κ2) is 16.2. The third kappa shape index (κ3) is 15.0. The van der Waals surface area contributed by atoms with Gasteiger partial charge in [-0.1, -0.05) is 0 Å². The van der Waals surface area contributed by atoms with Crippen LogP contribution in [0.2, 0.25) is 0 Å². The van der Waals surface area contributed by atoms with Crippen LogP contribution >= 0.6 is 0 Å². The number of rotatable bonds is 15. The zero-order valence-electron chi connectivity index (χ0n) is 17.6. The van der Waals surface area contributed by atoms with Gasteiger partial charge in [0.25, 0.3) is 0 Å². The molecule has 0 fully saturated rings. The van der Waals surface area contributed by atoms with Crippen LogP contribution in [0.15, 0.2) is 9.98 Å². The molecule has 2 atom stereocenters. The molecular formula is C17H33N9O5. The molecule has 11 N–H and O–H groups in total. The summed E-state index contributed by atoms with van der Waals surface area (Å²) < 4.78 is 4.78. The first-order chi connectivity index (χ1) is 14.7. The Morgan fingerprint density at radius 2 is 1.55 bits per heavy atom. The van der Waals surface area contributed by atoms with E-state index < -0.39 is 30.0 Å². The minimum Gasteiger partial charge on any atom is -0.450 e. The van der Waals surface area contributed by atoms with Gasteiger partial charge in [-0.3, -0.25) is 19.6 Å². The molecule has 0 aromatic heterocycles. The van der Waals surface area contributed by atoms with Gasteiger partial charge in [0, 0.05) is 13.1 Å². The van der Waals surface area contributed by atoms with Crippen molar-refractivity contribution >= 4 is 36.1 Å². The number of nitrogens with one attached hydrogen (secondary N) is 3. The van der Waals surface area contributed by atoms with Crippen molar-refractivity contribution < 1.29 is 23.9 Å². The monoisotopic (exact) mass is 443 g/mol. The summed E-state index contributed by atoms with van der Waals surface area (Å²) in [5.41, 5.74) is 20.9. The van der Waals surface area contributed by atoms with Crippen LogP contribution in [0.5, 0.6) is 0 Å². The van der Waals surface area contributed by atoms with E-state index in [2.05, 4.69) is 25.9 Å². The zero-order chi connectivity index (χ0) is 23.6. The average Bonchev–Trinajstić information content (AvgIpc) is 2.70. The Morgan fingerprint density at radius 3 is 2.06 bits per heavy atom. The van der Waals surface area contributed by atoms with Crippen LogP contribution in [0.3, 0.4) is 0 Å². The molecule has 0 heterocycles. The van der Waals surface area contributed by atoms with Gasteiger partial charge in [-0.25, -0.2) is 4.79 Å². The lowest BCUT2D eigenvalue weighted by Gasteiger charge is -2.18. The molecule has 0 saturated carbocycles. The standard InChI is InChI=1S/C17H33N9O5/c1-2-31-17(30)26-12(6-4-8-23-16(20)21)14(29)24-9-13(28)25-11(10-27)5-3-7-22-15(18)19/h10-12H,2-9H2,1H3,(H,24,29)(H,25,28)(H,26,30)(H4,18,19,22)(H4,20,21,23)/t11-,12+/m0/s1. The highest BCUT2D eigenvalue weighted by atomic mass is 16.5. The summed E-state index contributed by atoms with van der Waals surface area (Å²) in [6.07, 6.45) is 1.25. The number of amides is 3. The number of aldehydes is 1. The van der Waals surface area contributed by atoms with E-state index in [1.165, 1.54) is 0 Å². The van der Waals surface area contributed by atoms with Gasteiger partial charge in [-0.05, 0) is 32.6 Å². The third-order valence-electron chi connectivity index (χ3n) is 3.73. The molecule has 0 aromatic carbocycles. The van der Waals surface area contributed by atoms with Gasteiger partial charge in [0.05, 0.1) is 19.2 Å². The van der Waals surface area contributed by atoms with Gasteiger partial charge in [0.1, 0.15) is 12.3 Å². The molecule has 0 aromatic rings. The Bertz CT molecular complexity index is 646. The van der Waals surface area contributed by atoms with Crippen molar-refractivity contribution in [1.82, 2.24) is 16.0 Å². The Balaban J connectivity index is 4.61. The first-order valence-electron chi connectivity index (χ1n) is 9.76. The molecule has 0 unspecified atom stereocenters. The molecule has 176 valence electrons. The number of aliphatic imine (C=N–C) groups is 2. The molecule has 0 spiro atoms. The van der Waals surface area contributed by atoms with Crippen molar-refractivity contribution in [2.45, 2.75) is 44.7 Å². The number of carbonyl (C=O) groups excluding carboxylic acids is 4. The quantitative estimate of drug-likeness (QED) is 0.0589. The molecule has 0 aliphatic heterocycles. The third-order valence-corrected chi connectivity index (χ3v) is 3.73. The fraction of sp³-hybridized carbons (Fsp3) is 0.647. The summed E-state index contributed by atoms with van der Waals surface area (Å²) in [4.78, 5) is 54.8. The second-order valence-electron chi connectivity index (χ2n) is 6.34. The fourth-order valence-corrected chi connectivity index (χ4v) is 2.33. The lowest BCUT2D eigenvalue weighted by Crippen LogP contribution is -2.50. The van der Waals surface area contributed by atoms with Crippen LogP contribution in [0.4, 0.5) is 4.79 Å². The number of guanidine groups is 2. The van der Waals surface area contributed by atoms with Gasteiger partial charge in [-0.15, -0.1) is 0 Å². The van der Waals surface area contributed by atoms with Gasteiger partial charge < -0.3 is 48.4 Å². The van der Waals surface area contributed by atoms with Crippen molar-refractivity contribution in [3.8, 4) is 0 Å². The molecule has 0 aliphatic rings. The zero-order valence-corrected chi connectivity index (χ0v) is 17.6. The summed E-state index contributed by atoms with van der Waals surface area (Å²) in [6.45, 7) is 1.95. The Labute approximate surface area is 180 Å². The van der Waals surface area contributed by atoms with Crippen molar-refractivity contribution in [3.05, 3.63) is 0 Å². The van der Waals surface area contributed by atoms with Crippen LogP contribution in [0.1, 0.15) is 32.6 Å². The maximum atomic E-state index is 12.4. The number of alkyl carbamates (subject to hydrolysis) is 1. The fourth-order valence-electron chi connectivity index (χ4n) is 2.33. The smallest absolute Gasteiger partial charge is 0.407 e. The van der Waals surface area contributed by atoms with E-state index in [0.29, 0.717) is 32.1 Å². The number of nitrogens with zero attached hydrogens (tertiary/aromatic N) is 2. The molecular weight excluding hydrogens is 410 g/mol. The number of ether oxygens (including phenoxy) is 1. The summed E-state index contributed by atoms with van der Waals surface area (Å²) in [6, 6.07) is -1.70. The Kier molecular flexibility index (Phi) is 14.4. The summed E-state index contributed by atoms with van der Waals surface area (Å²) >= 11 is 0. The van der Waals surface area contributed by atoms with E-state index in [-0.39, 0.29) is 38.0 Å². The van der Waals surface area contributed by atoms with Crippen molar-refractivity contribution in [2.24, 2.45) is 32.9 Å². The minimum atomic E-state index is -0.956. The normalized spacial score (nSPS) is 11.9. The van der Waals surface area contributed by atoms with E-state index in [1.807, 2.05) is 0 Å². The molecule has 0 bridgehead atoms. The highest BCUT2D eigenvalue weighted by Gasteiger charge is 2.22. The number of nitrogens with two attached hydrogens (primary N) is 4. The summed E-state index contributed by atoms with van der Waals surface area (Å²) in [5.74, 6) is -1.30. The van der Waals surface area contributed by atoms with Gasteiger partial charge in [-0.2, -0.15) is 0 Å². The maximum absolute atomic E-state index is 12.4. The topological polar surface area (TPSA) is 242 Å². The van der Waals surface area contributed by atoms with Crippen LogP contribution in [-0.4, -0.2) is 74.4 Å². The van der Waals surface area contributed by atoms with Crippen molar-refractivity contribution in [1.29, 1.82) is 0 Å². The van der Waals surface area contributed by atoms with Crippen molar-refractivity contribution in [3.63, 3.8) is 0 Å². The van der Waals surface area contributed by atoms with Gasteiger partial charge in [0.15, 0.2) is 11.9 Å². The summed E-state index contributed by atoms with van der Waals surface area (Å²) in [5, 5.41) is 7.32. The molecule has 0 rings (SSSR count). The molecule has 0 aliphatic carbocycles. The predicted molar refractivity (Wildman–Crippen MR) is 115 cm³/mol. The number of carbonyl (C=O) groups is 4. The van der Waals surface area contributed by atoms with E-state index in [1.54, 1.807) is 6.92 Å². The predicted octanol–water partition coefficient (Wildman–Crippen LogP) is -2.99. The van der Waals surface area contributed by atoms with Crippen LogP contribution in [0.25, 0.3) is 0 Å². The molecule has 14 nitrogen and oxygen atoms in total. The highest BCUT2D eigenvalue weighted by molar-refractivity contribution is 5.90. The Morgan fingerprint density at radius 1 is 0.968 bits per heavy atom.